The second-order valence-corrected chi connectivity index (χ2v) is 7.03. The summed E-state index contributed by atoms with van der Waals surface area (Å²) < 4.78 is 0. The Balaban J connectivity index is 2.44. The summed E-state index contributed by atoms with van der Waals surface area (Å²) in [6, 6.07) is 15.9. The normalized spacial score (nSPS) is 11.7. The average molecular weight is 385 g/mol. The van der Waals surface area contributed by atoms with Gasteiger partial charge in [-0.05, 0) is 23.3 Å². The van der Waals surface area contributed by atoms with E-state index in [9.17, 15) is 9.59 Å². The number of carbonyl (C=O) groups excluding carboxylic acids is 2. The Kier molecular flexibility index (Phi) is 7.62. The van der Waals surface area contributed by atoms with Crippen LogP contribution in [0.3, 0.4) is 0 Å². The summed E-state index contributed by atoms with van der Waals surface area (Å²) >= 11 is 5.97. The third-order valence-corrected chi connectivity index (χ3v) is 4.39. The Morgan fingerprint density at radius 2 is 1.74 bits per heavy atom. The lowest BCUT2D eigenvalue weighted by Gasteiger charge is -2.32. The molecule has 0 aliphatic heterocycles. The van der Waals surface area contributed by atoms with Crippen molar-refractivity contribution in [3.63, 3.8) is 0 Å². The number of hydrogen-bond acceptors (Lipinski definition) is 2. The number of nitrogens with one attached hydrogen (secondary N) is 1. The molecule has 2 amide bonds. The van der Waals surface area contributed by atoms with Crippen molar-refractivity contribution < 1.29 is 9.59 Å². The maximum Gasteiger partial charge on any atom is 0.247 e. The SMILES string of the molecule is C=CCNC(=O)[C@H](c1ccccc1)N(Cc1ccc(Cl)cc1)C(=O)C(C)C. The second kappa shape index (κ2) is 9.93. The Labute approximate surface area is 165 Å². The molecule has 2 aromatic carbocycles. The molecule has 4 nitrogen and oxygen atoms in total. The van der Waals surface area contributed by atoms with Gasteiger partial charge in [0.05, 0.1) is 0 Å². The van der Waals surface area contributed by atoms with Gasteiger partial charge in [0.25, 0.3) is 0 Å². The van der Waals surface area contributed by atoms with Crippen LogP contribution in [-0.2, 0) is 16.1 Å². The Bertz CT molecular complexity index is 773. The summed E-state index contributed by atoms with van der Waals surface area (Å²) in [5.41, 5.74) is 1.67. The van der Waals surface area contributed by atoms with Crippen molar-refractivity contribution in [1.29, 1.82) is 0 Å². The molecule has 0 unspecified atom stereocenters. The largest absolute Gasteiger partial charge is 0.351 e. The van der Waals surface area contributed by atoms with Gasteiger partial charge < -0.3 is 10.2 Å². The minimum atomic E-state index is -0.725. The van der Waals surface area contributed by atoms with Crippen molar-refractivity contribution in [1.82, 2.24) is 10.2 Å². The zero-order valence-electron chi connectivity index (χ0n) is 15.7. The molecule has 0 saturated carbocycles. The van der Waals surface area contributed by atoms with Crippen molar-refractivity contribution in [2.75, 3.05) is 6.54 Å². The maximum atomic E-state index is 13.0. The summed E-state index contributed by atoms with van der Waals surface area (Å²) in [6.45, 7) is 7.96. The van der Waals surface area contributed by atoms with E-state index in [1.807, 2.05) is 56.3 Å². The minimum Gasteiger partial charge on any atom is -0.351 e. The number of hydrogen-bond donors (Lipinski definition) is 1. The lowest BCUT2D eigenvalue weighted by atomic mass is 10.0. The zero-order valence-corrected chi connectivity index (χ0v) is 16.4. The summed E-state index contributed by atoms with van der Waals surface area (Å²) in [4.78, 5) is 27.6. The Morgan fingerprint density at radius 3 is 2.30 bits per heavy atom. The van der Waals surface area contributed by atoms with Crippen LogP contribution in [0.1, 0.15) is 31.0 Å². The molecule has 0 spiro atoms. The van der Waals surface area contributed by atoms with Crippen LogP contribution >= 0.6 is 11.6 Å². The third kappa shape index (κ3) is 5.69. The van der Waals surface area contributed by atoms with E-state index in [0.717, 1.165) is 11.1 Å². The minimum absolute atomic E-state index is 0.0902. The summed E-state index contributed by atoms with van der Waals surface area (Å²) in [5.74, 6) is -0.563. The molecule has 0 fully saturated rings. The first-order valence-electron chi connectivity index (χ1n) is 8.92. The highest BCUT2D eigenvalue weighted by atomic mass is 35.5. The molecule has 0 heterocycles. The van der Waals surface area contributed by atoms with Crippen LogP contribution in [0.2, 0.25) is 5.02 Å². The number of amides is 2. The van der Waals surface area contributed by atoms with Crippen LogP contribution in [0, 0.1) is 5.92 Å². The first kappa shape index (κ1) is 20.7. The number of benzene rings is 2. The molecule has 1 N–H and O–H groups in total. The van der Waals surface area contributed by atoms with Gasteiger partial charge in [0.15, 0.2) is 0 Å². The van der Waals surface area contributed by atoms with Gasteiger partial charge in [-0.2, -0.15) is 0 Å². The van der Waals surface area contributed by atoms with Crippen molar-refractivity contribution in [3.8, 4) is 0 Å². The van der Waals surface area contributed by atoms with Crippen molar-refractivity contribution in [2.24, 2.45) is 5.92 Å². The fourth-order valence-corrected chi connectivity index (χ4v) is 2.92. The number of nitrogens with zero attached hydrogens (tertiary/aromatic N) is 1. The molecule has 1 atom stereocenters. The van der Waals surface area contributed by atoms with Gasteiger partial charge in [0.1, 0.15) is 6.04 Å². The van der Waals surface area contributed by atoms with E-state index in [-0.39, 0.29) is 17.7 Å². The van der Waals surface area contributed by atoms with E-state index in [0.29, 0.717) is 18.1 Å². The van der Waals surface area contributed by atoms with E-state index in [1.165, 1.54) is 0 Å². The molecule has 142 valence electrons. The number of halogens is 1. The van der Waals surface area contributed by atoms with Gasteiger partial charge >= 0.3 is 0 Å². The molecule has 27 heavy (non-hydrogen) atoms. The summed E-state index contributed by atoms with van der Waals surface area (Å²) in [6.07, 6.45) is 1.62. The predicted octanol–water partition coefficient (Wildman–Crippen LogP) is 4.37. The molecule has 0 radical (unpaired) electrons. The van der Waals surface area contributed by atoms with E-state index in [1.54, 1.807) is 23.1 Å². The molecule has 0 aliphatic rings. The van der Waals surface area contributed by atoms with Crippen molar-refractivity contribution in [2.45, 2.75) is 26.4 Å². The summed E-state index contributed by atoms with van der Waals surface area (Å²) in [7, 11) is 0. The maximum absolute atomic E-state index is 13.0. The Hall–Kier alpha value is -2.59. The fourth-order valence-electron chi connectivity index (χ4n) is 2.79. The van der Waals surface area contributed by atoms with Gasteiger partial charge in [-0.3, -0.25) is 9.59 Å². The molecule has 0 bridgehead atoms. The van der Waals surface area contributed by atoms with E-state index < -0.39 is 6.04 Å². The third-order valence-electron chi connectivity index (χ3n) is 4.14. The molecular formula is C22H25ClN2O2. The van der Waals surface area contributed by atoms with Crippen LogP contribution in [0.4, 0.5) is 0 Å². The van der Waals surface area contributed by atoms with E-state index in [2.05, 4.69) is 11.9 Å². The molecule has 0 saturated heterocycles. The quantitative estimate of drug-likeness (QED) is 0.687. The van der Waals surface area contributed by atoms with Gasteiger partial charge in [0, 0.05) is 24.0 Å². The number of rotatable bonds is 8. The zero-order chi connectivity index (χ0) is 19.8. The van der Waals surface area contributed by atoms with Crippen molar-refractivity contribution in [3.05, 3.63) is 83.4 Å². The molecule has 0 aliphatic carbocycles. The van der Waals surface area contributed by atoms with Crippen LogP contribution in [0.5, 0.6) is 0 Å². The van der Waals surface area contributed by atoms with Crippen LogP contribution < -0.4 is 5.32 Å². The smallest absolute Gasteiger partial charge is 0.247 e. The fraction of sp³-hybridized carbons (Fsp3) is 0.273. The van der Waals surface area contributed by atoms with E-state index >= 15 is 0 Å². The second-order valence-electron chi connectivity index (χ2n) is 6.59. The van der Waals surface area contributed by atoms with Gasteiger partial charge in [-0.15, -0.1) is 6.58 Å². The van der Waals surface area contributed by atoms with Crippen LogP contribution in [-0.4, -0.2) is 23.3 Å². The van der Waals surface area contributed by atoms with Crippen LogP contribution in [0.15, 0.2) is 67.3 Å². The first-order chi connectivity index (χ1) is 12.9. The summed E-state index contributed by atoms with van der Waals surface area (Å²) in [5, 5.41) is 3.46. The molecule has 0 aromatic heterocycles. The van der Waals surface area contributed by atoms with Gasteiger partial charge in [-0.1, -0.05) is 74.0 Å². The first-order valence-corrected chi connectivity index (χ1v) is 9.30. The molecule has 2 rings (SSSR count). The van der Waals surface area contributed by atoms with Gasteiger partial charge in [-0.25, -0.2) is 0 Å². The predicted molar refractivity (Wildman–Crippen MR) is 109 cm³/mol. The Morgan fingerprint density at radius 1 is 1.11 bits per heavy atom. The highest BCUT2D eigenvalue weighted by Gasteiger charge is 2.32. The molecular weight excluding hydrogens is 360 g/mol. The highest BCUT2D eigenvalue weighted by molar-refractivity contribution is 6.30. The van der Waals surface area contributed by atoms with Crippen molar-refractivity contribution >= 4 is 23.4 Å². The monoisotopic (exact) mass is 384 g/mol. The average Bonchev–Trinajstić information content (AvgIpc) is 2.67. The number of carbonyl (C=O) groups is 2. The molecule has 2 aromatic rings. The van der Waals surface area contributed by atoms with Crippen LogP contribution in [0.25, 0.3) is 0 Å². The standard InChI is InChI=1S/C22H25ClN2O2/c1-4-14-24-21(26)20(18-8-6-5-7-9-18)25(22(27)16(2)3)15-17-10-12-19(23)13-11-17/h4-13,16,20H,1,14-15H2,2-3H3,(H,24,26)/t20-/m0/s1. The molecule has 5 heteroatoms. The van der Waals surface area contributed by atoms with E-state index in [4.69, 9.17) is 11.6 Å². The highest BCUT2D eigenvalue weighted by Crippen LogP contribution is 2.26. The lowest BCUT2D eigenvalue weighted by Crippen LogP contribution is -2.44. The topological polar surface area (TPSA) is 49.4 Å². The lowest BCUT2D eigenvalue weighted by molar-refractivity contribution is -0.144. The van der Waals surface area contributed by atoms with Gasteiger partial charge in [0.2, 0.25) is 11.8 Å².